The van der Waals surface area contributed by atoms with Crippen LogP contribution in [0.2, 0.25) is 0 Å². The van der Waals surface area contributed by atoms with Crippen molar-refractivity contribution in [2.75, 3.05) is 30.4 Å². The molecule has 0 fully saturated rings. The Balaban J connectivity index is 2.04. The third-order valence-corrected chi connectivity index (χ3v) is 2.98. The van der Waals surface area contributed by atoms with Gasteiger partial charge in [-0.15, -0.1) is 0 Å². The minimum Gasteiger partial charge on any atom is -0.397 e. The van der Waals surface area contributed by atoms with Gasteiger partial charge in [-0.1, -0.05) is 0 Å². The summed E-state index contributed by atoms with van der Waals surface area (Å²) in [6.07, 6.45) is 1.11. The summed E-state index contributed by atoms with van der Waals surface area (Å²) in [7, 11) is -3.17. The Labute approximate surface area is 104 Å². The molecule has 9 heteroatoms. The zero-order valence-corrected chi connectivity index (χ0v) is 10.5. The zero-order valence-electron chi connectivity index (χ0n) is 9.67. The Kier molecular flexibility index (Phi) is 3.34. The lowest BCUT2D eigenvalue weighted by Gasteiger charge is -2.07. The molecule has 98 valence electrons. The quantitative estimate of drug-likeness (QED) is 0.506. The van der Waals surface area contributed by atoms with Crippen molar-refractivity contribution < 1.29 is 13.0 Å². The zero-order chi connectivity index (χ0) is 13.2. The van der Waals surface area contributed by atoms with Crippen molar-refractivity contribution in [3.63, 3.8) is 0 Å². The van der Waals surface area contributed by atoms with Crippen LogP contribution in [0.5, 0.6) is 0 Å². The number of benzene rings is 1. The SMILES string of the molecule is CS(=O)(=O)NCCNc1ccc(N)c2nonc12. The Morgan fingerprint density at radius 3 is 2.72 bits per heavy atom. The van der Waals surface area contributed by atoms with E-state index in [1.54, 1.807) is 12.1 Å². The van der Waals surface area contributed by atoms with Gasteiger partial charge in [0.05, 0.1) is 17.6 Å². The van der Waals surface area contributed by atoms with Gasteiger partial charge in [-0.05, 0) is 22.4 Å². The molecule has 1 heterocycles. The lowest BCUT2D eigenvalue weighted by atomic mass is 10.2. The molecule has 1 aromatic heterocycles. The van der Waals surface area contributed by atoms with Gasteiger partial charge in [-0.2, -0.15) is 0 Å². The maximum absolute atomic E-state index is 10.9. The van der Waals surface area contributed by atoms with Crippen LogP contribution in [0, 0.1) is 0 Å². The first kappa shape index (κ1) is 12.6. The molecule has 0 saturated heterocycles. The summed E-state index contributed by atoms with van der Waals surface area (Å²) in [6.45, 7) is 0.689. The first-order valence-electron chi connectivity index (χ1n) is 5.16. The van der Waals surface area contributed by atoms with E-state index in [9.17, 15) is 8.42 Å². The van der Waals surface area contributed by atoms with Gasteiger partial charge in [0.2, 0.25) is 10.0 Å². The van der Waals surface area contributed by atoms with E-state index in [2.05, 4.69) is 25.0 Å². The van der Waals surface area contributed by atoms with Crippen LogP contribution in [0.4, 0.5) is 11.4 Å². The number of nitrogens with zero attached hydrogens (tertiary/aromatic N) is 2. The van der Waals surface area contributed by atoms with Crippen molar-refractivity contribution in [1.29, 1.82) is 0 Å². The predicted octanol–water partition coefficient (Wildman–Crippen LogP) is -0.234. The van der Waals surface area contributed by atoms with Crippen molar-refractivity contribution in [3.8, 4) is 0 Å². The molecule has 2 aromatic rings. The van der Waals surface area contributed by atoms with Crippen LogP contribution in [0.15, 0.2) is 16.8 Å². The highest BCUT2D eigenvalue weighted by Gasteiger charge is 2.09. The van der Waals surface area contributed by atoms with Gasteiger partial charge in [-0.3, -0.25) is 0 Å². The first-order chi connectivity index (χ1) is 8.47. The number of hydrogen-bond acceptors (Lipinski definition) is 7. The van der Waals surface area contributed by atoms with Gasteiger partial charge in [-0.25, -0.2) is 17.8 Å². The number of anilines is 2. The maximum Gasteiger partial charge on any atom is 0.208 e. The highest BCUT2D eigenvalue weighted by Crippen LogP contribution is 2.24. The number of aromatic nitrogens is 2. The third kappa shape index (κ3) is 2.87. The van der Waals surface area contributed by atoms with Gasteiger partial charge in [0.1, 0.15) is 0 Å². The molecule has 0 saturated carbocycles. The van der Waals surface area contributed by atoms with Crippen molar-refractivity contribution >= 4 is 32.4 Å². The summed E-state index contributed by atoms with van der Waals surface area (Å²) in [5, 5.41) is 10.5. The van der Waals surface area contributed by atoms with E-state index >= 15 is 0 Å². The predicted molar refractivity (Wildman–Crippen MR) is 67.6 cm³/mol. The van der Waals surface area contributed by atoms with E-state index in [0.717, 1.165) is 6.26 Å². The maximum atomic E-state index is 10.9. The van der Waals surface area contributed by atoms with Crippen molar-refractivity contribution in [2.45, 2.75) is 0 Å². The highest BCUT2D eigenvalue weighted by molar-refractivity contribution is 7.88. The van der Waals surface area contributed by atoms with E-state index in [1.165, 1.54) is 0 Å². The average Bonchev–Trinajstić information content (AvgIpc) is 2.75. The summed E-state index contributed by atoms with van der Waals surface area (Å²) in [6, 6.07) is 3.42. The van der Waals surface area contributed by atoms with E-state index in [1.807, 2.05) is 0 Å². The van der Waals surface area contributed by atoms with Crippen molar-refractivity contribution in [3.05, 3.63) is 12.1 Å². The molecule has 0 unspecified atom stereocenters. The molecule has 4 N–H and O–H groups in total. The van der Waals surface area contributed by atoms with Gasteiger partial charge in [0.15, 0.2) is 11.0 Å². The largest absolute Gasteiger partial charge is 0.397 e. The van der Waals surface area contributed by atoms with Crippen molar-refractivity contribution in [2.24, 2.45) is 0 Å². The Morgan fingerprint density at radius 2 is 2.00 bits per heavy atom. The Morgan fingerprint density at radius 1 is 1.28 bits per heavy atom. The fraction of sp³-hybridized carbons (Fsp3) is 0.333. The van der Waals surface area contributed by atoms with Crippen LogP contribution in [-0.4, -0.2) is 38.1 Å². The summed E-state index contributed by atoms with van der Waals surface area (Å²) in [5.74, 6) is 0. The van der Waals surface area contributed by atoms with Crippen LogP contribution >= 0.6 is 0 Å². The highest BCUT2D eigenvalue weighted by atomic mass is 32.2. The van der Waals surface area contributed by atoms with Crippen LogP contribution in [0.3, 0.4) is 0 Å². The van der Waals surface area contributed by atoms with Gasteiger partial charge < -0.3 is 11.1 Å². The second-order valence-electron chi connectivity index (χ2n) is 3.76. The first-order valence-corrected chi connectivity index (χ1v) is 7.06. The van der Waals surface area contributed by atoms with E-state index in [0.29, 0.717) is 29.0 Å². The van der Waals surface area contributed by atoms with Crippen molar-refractivity contribution in [1.82, 2.24) is 15.0 Å². The molecule has 0 aliphatic carbocycles. The number of hydrogen-bond donors (Lipinski definition) is 3. The van der Waals surface area contributed by atoms with Gasteiger partial charge in [0.25, 0.3) is 0 Å². The molecule has 2 rings (SSSR count). The number of fused-ring (bicyclic) bond motifs is 1. The van der Waals surface area contributed by atoms with Gasteiger partial charge in [0, 0.05) is 13.1 Å². The van der Waals surface area contributed by atoms with Crippen LogP contribution in [0.25, 0.3) is 11.0 Å². The number of rotatable bonds is 5. The Bertz CT molecular complexity index is 651. The monoisotopic (exact) mass is 271 g/mol. The van der Waals surface area contributed by atoms with E-state index in [-0.39, 0.29) is 6.54 Å². The fourth-order valence-electron chi connectivity index (χ4n) is 1.46. The minimum atomic E-state index is -3.17. The molecule has 0 atom stereocenters. The summed E-state index contributed by atoms with van der Waals surface area (Å²) in [4.78, 5) is 0. The fourth-order valence-corrected chi connectivity index (χ4v) is 1.93. The second-order valence-corrected chi connectivity index (χ2v) is 5.59. The molecule has 18 heavy (non-hydrogen) atoms. The van der Waals surface area contributed by atoms with E-state index < -0.39 is 10.0 Å². The lowest BCUT2D eigenvalue weighted by Crippen LogP contribution is -2.27. The summed E-state index contributed by atoms with van der Waals surface area (Å²) >= 11 is 0. The second kappa shape index (κ2) is 4.78. The molecule has 1 aromatic carbocycles. The standard InChI is InChI=1S/C9H13N5O3S/c1-18(15,16)12-5-4-11-7-3-2-6(10)8-9(7)14-17-13-8/h2-3,11-12H,4-5,10H2,1H3. The van der Waals surface area contributed by atoms with Crippen LogP contribution in [0.1, 0.15) is 0 Å². The molecule has 0 radical (unpaired) electrons. The smallest absolute Gasteiger partial charge is 0.208 e. The topological polar surface area (TPSA) is 123 Å². The summed E-state index contributed by atoms with van der Waals surface area (Å²) in [5.41, 5.74) is 7.87. The third-order valence-electron chi connectivity index (χ3n) is 2.25. The molecule has 0 amide bonds. The molecule has 0 bridgehead atoms. The number of nitrogen functional groups attached to an aromatic ring is 1. The Hall–Kier alpha value is -1.87. The number of nitrogens with two attached hydrogens (primary N) is 1. The average molecular weight is 271 g/mol. The molecular formula is C9H13N5O3S. The molecule has 0 aliphatic heterocycles. The lowest BCUT2D eigenvalue weighted by molar-refractivity contribution is 0.316. The molecular weight excluding hydrogens is 258 g/mol. The van der Waals surface area contributed by atoms with Crippen LogP contribution in [-0.2, 0) is 10.0 Å². The summed E-state index contributed by atoms with van der Waals surface area (Å²) < 4.78 is 28.7. The number of nitrogens with one attached hydrogen (secondary N) is 2. The van der Waals surface area contributed by atoms with E-state index in [4.69, 9.17) is 5.73 Å². The number of sulfonamides is 1. The molecule has 0 aliphatic rings. The van der Waals surface area contributed by atoms with Gasteiger partial charge >= 0.3 is 0 Å². The molecule has 8 nitrogen and oxygen atoms in total. The van der Waals surface area contributed by atoms with Crippen LogP contribution < -0.4 is 15.8 Å². The normalized spacial score (nSPS) is 11.8. The minimum absolute atomic E-state index is 0.274. The molecule has 0 spiro atoms.